The number of nitroso groups, excluding NO2 is 4. The van der Waals surface area contributed by atoms with Crippen LogP contribution in [0.5, 0.6) is 0 Å². The van der Waals surface area contributed by atoms with Gasteiger partial charge in [0.1, 0.15) is 0 Å². The normalized spacial score (nSPS) is 6.73. The molecule has 0 amide bonds. The van der Waals surface area contributed by atoms with Crippen molar-refractivity contribution in [1.82, 2.24) is 10.1 Å². The highest BCUT2D eigenvalue weighted by molar-refractivity contribution is 7.79. The minimum Gasteiger partial charge on any atom is -0.759 e. The highest BCUT2D eigenvalue weighted by atomic mass is 32.3. The molecule has 0 bridgehead atoms. The average Bonchev–Trinajstić information content (AvgIpc) is 1.62. The maximum atomic E-state index is 8.52. The Morgan fingerprint density at radius 3 is 0.818 bits per heavy atom. The van der Waals surface area contributed by atoms with Crippen LogP contribution in [0.4, 0.5) is 0 Å². The fraction of sp³-hybridized carbons (Fsp3) is 0. The van der Waals surface area contributed by atoms with Crippen LogP contribution < -0.4 is 10.1 Å². The first-order valence-corrected chi connectivity index (χ1v) is 2.73. The number of nitrogens with zero attached hydrogens (tertiary/aromatic N) is 2. The number of rotatable bonds is 0. The maximum Gasteiger partial charge on any atom is 0.569 e. The van der Waals surface area contributed by atoms with Gasteiger partial charge in [-0.1, -0.05) is 0 Å². The summed E-state index contributed by atoms with van der Waals surface area (Å²) in [6.07, 6.45) is 0. The Balaban J connectivity index is -0.0000000933. The summed E-state index contributed by atoms with van der Waals surface area (Å²) in [4.78, 5) is 32.0. The summed E-state index contributed by atoms with van der Waals surface area (Å²) in [6, 6.07) is 0. The molecule has 11 heavy (non-hydrogen) atoms. The Morgan fingerprint density at radius 1 is 0.818 bits per heavy atom. The first-order chi connectivity index (χ1) is 4.83. The van der Waals surface area contributed by atoms with Crippen molar-refractivity contribution >= 4 is 10.4 Å². The van der Waals surface area contributed by atoms with Crippen LogP contribution in [-0.4, -0.2) is 17.5 Å². The van der Waals surface area contributed by atoms with Crippen LogP contribution >= 0.6 is 0 Å². The zero-order chi connectivity index (χ0) is 9.91. The molecule has 0 fully saturated rings. The molecule has 0 spiro atoms. The molecule has 0 unspecified atom stereocenters. The van der Waals surface area contributed by atoms with Crippen molar-refractivity contribution in [2.45, 2.75) is 0 Å². The Hall–Kier alpha value is -1.51. The lowest BCUT2D eigenvalue weighted by atomic mass is 13.6. The zero-order valence-electron chi connectivity index (χ0n) is 4.57. The van der Waals surface area contributed by atoms with Crippen LogP contribution in [0.2, 0.25) is 0 Å². The second-order valence-corrected chi connectivity index (χ2v) is 1.37. The highest BCUT2D eigenvalue weighted by Gasteiger charge is 1.49. The van der Waals surface area contributed by atoms with E-state index in [0.717, 1.165) is 10.1 Å². The van der Waals surface area contributed by atoms with Gasteiger partial charge in [-0.05, 0) is 0 Å². The van der Waals surface area contributed by atoms with E-state index in [9.17, 15) is 0 Å². The molecule has 0 aliphatic heterocycles. The van der Waals surface area contributed by atoms with Crippen LogP contribution in [0.1, 0.15) is 0 Å². The fourth-order valence-electron chi connectivity index (χ4n) is 0. The summed E-state index contributed by atoms with van der Waals surface area (Å²) in [7, 11) is -5.17. The topological polar surface area (TPSA) is 177 Å². The van der Waals surface area contributed by atoms with Crippen molar-refractivity contribution < 1.29 is 17.5 Å². The van der Waals surface area contributed by atoms with E-state index in [0.29, 0.717) is 0 Å². The second-order valence-electron chi connectivity index (χ2n) is 0.557. The quantitative estimate of drug-likeness (QED) is 0.234. The number of hydrogen-bond donors (Lipinski definition) is 0. The van der Waals surface area contributed by atoms with Gasteiger partial charge in [0.25, 0.3) is 0 Å². The summed E-state index contributed by atoms with van der Waals surface area (Å²) >= 11 is 0. The van der Waals surface area contributed by atoms with E-state index in [2.05, 4.69) is 0 Å². The summed E-state index contributed by atoms with van der Waals surface area (Å²) in [5.74, 6) is 0. The Kier molecular flexibility index (Phi) is 16.7. The molecule has 0 aromatic heterocycles. The molecule has 0 radical (unpaired) electrons. The lowest BCUT2D eigenvalue weighted by Crippen LogP contribution is -1.91. The number of hydrogen-bond acceptors (Lipinski definition) is 8. The van der Waals surface area contributed by atoms with Gasteiger partial charge in [0.05, 0.1) is 0 Å². The minimum absolute atomic E-state index is 1.00. The molecule has 0 saturated heterocycles. The molecule has 10 nitrogen and oxygen atoms in total. The van der Waals surface area contributed by atoms with E-state index in [1.165, 1.54) is 0 Å². The van der Waals surface area contributed by atoms with Crippen molar-refractivity contribution in [3.8, 4) is 0 Å². The summed E-state index contributed by atoms with van der Waals surface area (Å²) in [6.45, 7) is 0. The van der Waals surface area contributed by atoms with Gasteiger partial charge >= 0.3 is 10.1 Å². The van der Waals surface area contributed by atoms with Crippen LogP contribution in [-0.2, 0) is 10.4 Å². The van der Waals surface area contributed by atoms with Crippen LogP contribution in [0.15, 0.2) is 0 Å². The molecule has 0 saturated carbocycles. The summed E-state index contributed by atoms with van der Waals surface area (Å²) in [5.41, 5.74) is 0. The molecule has 0 N–H and O–H groups in total. The van der Waals surface area contributed by atoms with Crippen molar-refractivity contribution in [2.75, 3.05) is 0 Å². The van der Waals surface area contributed by atoms with Gasteiger partial charge in [0.2, 0.25) is 19.6 Å². The van der Waals surface area contributed by atoms with Crippen LogP contribution in [0.25, 0.3) is 0 Å². The van der Waals surface area contributed by atoms with Crippen molar-refractivity contribution in [2.24, 2.45) is 0 Å². The molecule has 64 valence electrons. The van der Waals surface area contributed by atoms with Gasteiger partial charge in [-0.15, -0.1) is 0 Å². The first-order valence-electron chi connectivity index (χ1n) is 1.40. The van der Waals surface area contributed by atoms with E-state index in [-0.39, 0.29) is 0 Å². The lowest BCUT2D eigenvalue weighted by molar-refractivity contribution is 0.352. The average molecular weight is 188 g/mol. The minimum atomic E-state index is -5.17. The van der Waals surface area contributed by atoms with Gasteiger partial charge in [-0.2, -0.15) is 0 Å². The van der Waals surface area contributed by atoms with E-state index in [1.54, 1.807) is 0 Å². The summed E-state index contributed by atoms with van der Waals surface area (Å²) in [5, 5.41) is 2.00. The predicted octanol–water partition coefficient (Wildman–Crippen LogP) is -2.17. The Morgan fingerprint density at radius 2 is 0.818 bits per heavy atom. The monoisotopic (exact) mass is 188 g/mol. The molecule has 0 aromatic rings. The fourth-order valence-corrected chi connectivity index (χ4v) is 0. The van der Waals surface area contributed by atoms with Crippen LogP contribution in [0.3, 0.4) is 0 Å². The molecule has 0 aromatic carbocycles. The highest BCUT2D eigenvalue weighted by Crippen LogP contribution is 1.57. The van der Waals surface area contributed by atoms with Crippen LogP contribution in [0, 0.1) is 19.6 Å². The largest absolute Gasteiger partial charge is 0.759 e. The zero-order valence-corrected chi connectivity index (χ0v) is 5.39. The Labute approximate surface area is 58.7 Å². The first kappa shape index (κ1) is 16.2. The van der Waals surface area contributed by atoms with Gasteiger partial charge in [0, 0.05) is 10.4 Å². The van der Waals surface area contributed by atoms with Gasteiger partial charge in [-0.3, -0.25) is 8.42 Å². The molecule has 0 aliphatic rings. The van der Waals surface area contributed by atoms with Gasteiger partial charge in [-0.25, -0.2) is 0 Å². The third-order valence-electron chi connectivity index (χ3n) is 0. The summed E-state index contributed by atoms with van der Waals surface area (Å²) < 4.78 is 34.1. The van der Waals surface area contributed by atoms with Crippen molar-refractivity contribution in [3.63, 3.8) is 0 Å². The van der Waals surface area contributed by atoms with Gasteiger partial charge < -0.3 is 9.11 Å². The third kappa shape index (κ3) is 157. The molecule has 0 atom stereocenters. The molecular formula is N2O8S. The van der Waals surface area contributed by atoms with E-state index >= 15 is 0 Å². The van der Waals surface area contributed by atoms with Crippen molar-refractivity contribution in [1.29, 1.82) is 0 Å². The molecule has 0 heterocycles. The SMILES string of the molecule is O=S(=O)([O-])[O-].O=[N+]=O.O=[N+]=O. The Bertz CT molecular complexity index is 203. The third-order valence-corrected chi connectivity index (χ3v) is 0. The van der Waals surface area contributed by atoms with E-state index < -0.39 is 10.4 Å². The molecule has 0 aliphatic carbocycles. The smallest absolute Gasteiger partial charge is 0.569 e. The standard InChI is InChI=1S/2NO2.H2O4S/c2*2-1-3;1-5(2,3)4/h;;(H2,1,2,3,4)/q2*+1;/p-2. The predicted molar refractivity (Wildman–Crippen MR) is 28.2 cm³/mol. The molecular weight excluding hydrogens is 188 g/mol. The van der Waals surface area contributed by atoms with E-state index in [1.807, 2.05) is 0 Å². The molecule has 11 heteroatoms. The molecule has 0 rings (SSSR count). The maximum absolute atomic E-state index is 8.52. The van der Waals surface area contributed by atoms with Gasteiger partial charge in [0.15, 0.2) is 0 Å². The lowest BCUT2D eigenvalue weighted by Gasteiger charge is -2.06. The van der Waals surface area contributed by atoms with E-state index in [4.69, 9.17) is 37.2 Å². The van der Waals surface area contributed by atoms with Crippen molar-refractivity contribution in [3.05, 3.63) is 19.6 Å². The second kappa shape index (κ2) is 11.3.